The Hall–Kier alpha value is -0.870. The van der Waals surface area contributed by atoms with Gasteiger partial charge < -0.3 is 5.43 Å². The number of hydrazine groups is 1. The summed E-state index contributed by atoms with van der Waals surface area (Å²) in [7, 11) is 0. The normalized spacial score (nSPS) is 15.0. The topological polar surface area (TPSA) is 32.3 Å². The van der Waals surface area contributed by atoms with Gasteiger partial charge in [-0.25, -0.2) is 0 Å². The van der Waals surface area contributed by atoms with Crippen LogP contribution in [-0.2, 0) is 6.54 Å². The van der Waals surface area contributed by atoms with Crippen LogP contribution in [0, 0.1) is 0 Å². The molecule has 1 heterocycles. The van der Waals surface area contributed by atoms with Gasteiger partial charge in [-0.05, 0) is 11.6 Å². The van der Waals surface area contributed by atoms with Gasteiger partial charge in [0.2, 0.25) is 0 Å². The van der Waals surface area contributed by atoms with E-state index in [2.05, 4.69) is 21.6 Å². The van der Waals surface area contributed by atoms with Crippen LogP contribution in [-0.4, -0.2) is 9.82 Å². The molecule has 0 spiro atoms. The second kappa shape index (κ2) is 3.71. The zero-order chi connectivity index (χ0) is 10.1. The summed E-state index contributed by atoms with van der Waals surface area (Å²) in [5, 5.41) is 0. The van der Waals surface area contributed by atoms with Gasteiger partial charge in [-0.1, -0.05) is 19.1 Å². The Morgan fingerprint density at radius 1 is 1.64 bits per heavy atom. The summed E-state index contributed by atoms with van der Waals surface area (Å²) < 4.78 is 1.82. The summed E-state index contributed by atoms with van der Waals surface area (Å²) >= 11 is 3.34. The summed E-state index contributed by atoms with van der Waals surface area (Å²) in [5.74, 6) is 0.183. The van der Waals surface area contributed by atoms with Crippen LogP contribution in [0.3, 0.4) is 0 Å². The van der Waals surface area contributed by atoms with Crippen LogP contribution in [0.5, 0.6) is 0 Å². The lowest BCUT2D eigenvalue weighted by molar-refractivity contribution is 0.0988. The molecular formula is C10H11BrN2O. The van der Waals surface area contributed by atoms with Crippen LogP contribution in [0.15, 0.2) is 18.2 Å². The molecule has 1 aliphatic heterocycles. The Morgan fingerprint density at radius 3 is 3.14 bits per heavy atom. The summed E-state index contributed by atoms with van der Waals surface area (Å²) in [6.45, 7) is 2.69. The van der Waals surface area contributed by atoms with Crippen molar-refractivity contribution >= 4 is 27.6 Å². The number of carbonyl (C=O) groups is 1. The van der Waals surface area contributed by atoms with Crippen molar-refractivity contribution in [3.05, 3.63) is 29.3 Å². The number of anilines is 1. The van der Waals surface area contributed by atoms with E-state index in [1.165, 1.54) is 5.56 Å². The Labute approximate surface area is 91.4 Å². The highest BCUT2D eigenvalue weighted by Gasteiger charge is 2.17. The van der Waals surface area contributed by atoms with E-state index < -0.39 is 0 Å². The van der Waals surface area contributed by atoms with Crippen molar-refractivity contribution in [2.75, 3.05) is 5.43 Å². The van der Waals surface area contributed by atoms with Crippen LogP contribution in [0.4, 0.5) is 5.69 Å². The molecule has 0 bridgehead atoms. The maximum absolute atomic E-state index is 11.4. The van der Waals surface area contributed by atoms with Crippen molar-refractivity contribution in [1.82, 2.24) is 4.03 Å². The molecule has 2 rings (SSSR count). The lowest BCUT2D eigenvalue weighted by Crippen LogP contribution is -2.08. The minimum atomic E-state index is 0.183. The minimum Gasteiger partial charge on any atom is -0.308 e. The Bertz CT molecular complexity index is 378. The van der Waals surface area contributed by atoms with E-state index in [1.807, 2.05) is 29.2 Å². The van der Waals surface area contributed by atoms with E-state index in [0.29, 0.717) is 6.42 Å². The van der Waals surface area contributed by atoms with Gasteiger partial charge >= 0.3 is 0 Å². The van der Waals surface area contributed by atoms with Crippen molar-refractivity contribution in [2.24, 2.45) is 0 Å². The standard InChI is InChI=1S/C10H11BrN2O/c1-2-10(14)7-3-4-8-6-13(11)12-9(8)5-7/h3-5,12H,2,6H2,1H3. The monoisotopic (exact) mass is 254 g/mol. The fraction of sp³-hybridized carbons (Fsp3) is 0.300. The van der Waals surface area contributed by atoms with Gasteiger partial charge in [0, 0.05) is 28.1 Å². The molecule has 0 unspecified atom stereocenters. The third-order valence-corrected chi connectivity index (χ3v) is 2.73. The number of fused-ring (bicyclic) bond motifs is 1. The molecule has 1 aromatic rings. The molecule has 0 amide bonds. The second-order valence-electron chi connectivity index (χ2n) is 3.28. The number of hydrogen-bond acceptors (Lipinski definition) is 3. The molecule has 14 heavy (non-hydrogen) atoms. The van der Waals surface area contributed by atoms with Crippen molar-refractivity contribution < 1.29 is 4.79 Å². The maximum atomic E-state index is 11.4. The van der Waals surface area contributed by atoms with Crippen LogP contribution in [0.1, 0.15) is 29.3 Å². The van der Waals surface area contributed by atoms with E-state index >= 15 is 0 Å². The van der Waals surface area contributed by atoms with E-state index in [1.54, 1.807) is 0 Å². The number of benzene rings is 1. The number of halogens is 1. The molecule has 0 atom stereocenters. The van der Waals surface area contributed by atoms with Crippen LogP contribution in [0.2, 0.25) is 0 Å². The Kier molecular flexibility index (Phi) is 2.56. The highest BCUT2D eigenvalue weighted by Crippen LogP contribution is 2.28. The SMILES string of the molecule is CCC(=O)c1ccc2c(c1)NN(Br)C2. The van der Waals surface area contributed by atoms with Crippen molar-refractivity contribution in [3.8, 4) is 0 Å². The summed E-state index contributed by atoms with van der Waals surface area (Å²) in [6.07, 6.45) is 0.552. The second-order valence-corrected chi connectivity index (χ2v) is 4.14. The molecule has 0 fully saturated rings. The first-order valence-corrected chi connectivity index (χ1v) is 5.27. The average molecular weight is 255 g/mol. The van der Waals surface area contributed by atoms with Crippen molar-refractivity contribution in [2.45, 2.75) is 19.9 Å². The molecule has 1 N–H and O–H groups in total. The number of Topliss-reactive ketones (excluding diaryl/α,β-unsaturated/α-hetero) is 1. The maximum Gasteiger partial charge on any atom is 0.162 e. The average Bonchev–Trinajstić information content (AvgIpc) is 2.55. The largest absolute Gasteiger partial charge is 0.308 e. The quantitative estimate of drug-likeness (QED) is 0.651. The summed E-state index contributed by atoms with van der Waals surface area (Å²) in [4.78, 5) is 11.4. The molecule has 0 saturated heterocycles. The number of carbonyl (C=O) groups excluding carboxylic acids is 1. The smallest absolute Gasteiger partial charge is 0.162 e. The van der Waals surface area contributed by atoms with Crippen LogP contribution < -0.4 is 5.43 Å². The molecule has 1 aromatic carbocycles. The van der Waals surface area contributed by atoms with Gasteiger partial charge in [-0.15, -0.1) is 0 Å². The zero-order valence-electron chi connectivity index (χ0n) is 7.88. The fourth-order valence-electron chi connectivity index (χ4n) is 1.52. The molecule has 0 saturated carbocycles. The third-order valence-electron chi connectivity index (χ3n) is 2.30. The number of ketones is 1. The van der Waals surface area contributed by atoms with E-state index in [4.69, 9.17) is 0 Å². The molecule has 0 aliphatic carbocycles. The predicted octanol–water partition coefficient (Wildman–Crippen LogP) is 2.73. The van der Waals surface area contributed by atoms with Gasteiger partial charge in [0.25, 0.3) is 0 Å². The van der Waals surface area contributed by atoms with Gasteiger partial charge in [0.15, 0.2) is 5.78 Å². The number of nitrogens with zero attached hydrogens (tertiary/aromatic N) is 1. The van der Waals surface area contributed by atoms with E-state index in [0.717, 1.165) is 17.8 Å². The highest BCUT2D eigenvalue weighted by molar-refractivity contribution is 9.07. The van der Waals surface area contributed by atoms with Gasteiger partial charge in [0.1, 0.15) is 0 Å². The van der Waals surface area contributed by atoms with E-state index in [-0.39, 0.29) is 5.78 Å². The van der Waals surface area contributed by atoms with Crippen LogP contribution >= 0.6 is 16.1 Å². The highest BCUT2D eigenvalue weighted by atomic mass is 79.9. The van der Waals surface area contributed by atoms with Gasteiger partial charge in [-0.3, -0.25) is 4.79 Å². The first-order chi connectivity index (χ1) is 6.70. The Morgan fingerprint density at radius 2 is 2.43 bits per heavy atom. The fourth-order valence-corrected chi connectivity index (χ4v) is 1.98. The summed E-state index contributed by atoms with van der Waals surface area (Å²) in [5.41, 5.74) is 6.11. The molecule has 1 aliphatic rings. The van der Waals surface area contributed by atoms with Gasteiger partial charge in [-0.2, -0.15) is 4.03 Å². The molecule has 74 valence electrons. The molecule has 4 heteroatoms. The first kappa shape index (κ1) is 9.68. The van der Waals surface area contributed by atoms with Crippen molar-refractivity contribution in [1.29, 1.82) is 0 Å². The number of nitrogens with one attached hydrogen (secondary N) is 1. The Balaban J connectivity index is 2.33. The summed E-state index contributed by atoms with van der Waals surface area (Å²) in [6, 6.07) is 5.79. The van der Waals surface area contributed by atoms with Gasteiger partial charge in [0.05, 0.1) is 12.2 Å². The molecule has 0 radical (unpaired) electrons. The lowest BCUT2D eigenvalue weighted by atomic mass is 10.1. The van der Waals surface area contributed by atoms with E-state index in [9.17, 15) is 4.79 Å². The third kappa shape index (κ3) is 1.67. The first-order valence-electron chi connectivity index (χ1n) is 4.57. The predicted molar refractivity (Wildman–Crippen MR) is 59.2 cm³/mol. The lowest BCUT2D eigenvalue weighted by Gasteiger charge is -2.04. The number of rotatable bonds is 2. The van der Waals surface area contributed by atoms with Crippen LogP contribution in [0.25, 0.3) is 0 Å². The minimum absolute atomic E-state index is 0.183. The number of hydrogen-bond donors (Lipinski definition) is 1. The molecular weight excluding hydrogens is 244 g/mol. The molecule has 0 aromatic heterocycles. The molecule has 3 nitrogen and oxygen atoms in total. The van der Waals surface area contributed by atoms with Crippen molar-refractivity contribution in [3.63, 3.8) is 0 Å². The zero-order valence-corrected chi connectivity index (χ0v) is 9.47.